The van der Waals surface area contributed by atoms with E-state index in [1.54, 1.807) is 7.11 Å². The monoisotopic (exact) mass is 291 g/mol. The van der Waals surface area contributed by atoms with Crippen molar-refractivity contribution in [2.24, 2.45) is 11.8 Å². The van der Waals surface area contributed by atoms with E-state index >= 15 is 0 Å². The number of hydrogen-bond acceptors (Lipinski definition) is 3. The fourth-order valence-electron chi connectivity index (χ4n) is 3.09. The molecule has 2 rings (SSSR count). The highest BCUT2D eigenvalue weighted by molar-refractivity contribution is 5.69. The highest BCUT2D eigenvalue weighted by Gasteiger charge is 2.26. The molecule has 2 N–H and O–H groups in total. The van der Waals surface area contributed by atoms with Crippen LogP contribution in [0.15, 0.2) is 24.3 Å². The van der Waals surface area contributed by atoms with Crippen LogP contribution in [-0.4, -0.2) is 24.7 Å². The highest BCUT2D eigenvalue weighted by atomic mass is 16.5. The minimum atomic E-state index is -0.635. The summed E-state index contributed by atoms with van der Waals surface area (Å²) in [5, 5.41) is 12.6. The fourth-order valence-corrected chi connectivity index (χ4v) is 3.09. The van der Waals surface area contributed by atoms with E-state index in [1.165, 1.54) is 5.56 Å². The van der Waals surface area contributed by atoms with Crippen LogP contribution in [0, 0.1) is 11.8 Å². The Morgan fingerprint density at radius 1 is 1.33 bits per heavy atom. The third-order valence-electron chi connectivity index (χ3n) is 4.51. The van der Waals surface area contributed by atoms with Gasteiger partial charge in [-0.25, -0.2) is 0 Å². The molecule has 0 spiro atoms. The molecule has 1 unspecified atom stereocenters. The molecule has 1 fully saturated rings. The van der Waals surface area contributed by atoms with Crippen molar-refractivity contribution in [1.82, 2.24) is 5.32 Å². The van der Waals surface area contributed by atoms with Crippen molar-refractivity contribution in [3.8, 4) is 5.75 Å². The van der Waals surface area contributed by atoms with Crippen molar-refractivity contribution < 1.29 is 14.6 Å². The first kappa shape index (κ1) is 15.8. The van der Waals surface area contributed by atoms with Crippen LogP contribution >= 0.6 is 0 Å². The Morgan fingerprint density at radius 2 is 2.00 bits per heavy atom. The first-order valence-electron chi connectivity index (χ1n) is 7.71. The minimum Gasteiger partial charge on any atom is -0.496 e. The van der Waals surface area contributed by atoms with Gasteiger partial charge in [-0.1, -0.05) is 18.2 Å². The summed E-state index contributed by atoms with van der Waals surface area (Å²) < 4.78 is 5.39. The molecule has 4 heteroatoms. The number of nitrogens with one attached hydrogen (secondary N) is 1. The highest BCUT2D eigenvalue weighted by Crippen LogP contribution is 2.30. The van der Waals surface area contributed by atoms with Crippen LogP contribution < -0.4 is 10.1 Å². The Hall–Kier alpha value is -1.55. The topological polar surface area (TPSA) is 58.6 Å². The summed E-state index contributed by atoms with van der Waals surface area (Å²) in [6.45, 7) is 3.08. The number of ether oxygens (including phenoxy) is 1. The Kier molecular flexibility index (Phi) is 5.62. The van der Waals surface area contributed by atoms with Gasteiger partial charge in [0, 0.05) is 11.6 Å². The Morgan fingerprint density at radius 3 is 2.62 bits per heavy atom. The lowest BCUT2D eigenvalue weighted by Crippen LogP contribution is -2.30. The predicted octanol–water partition coefficient (Wildman–Crippen LogP) is 3.24. The van der Waals surface area contributed by atoms with E-state index in [0.717, 1.165) is 38.0 Å². The first-order valence-corrected chi connectivity index (χ1v) is 7.71. The van der Waals surface area contributed by atoms with E-state index in [1.807, 2.05) is 18.2 Å². The van der Waals surface area contributed by atoms with Gasteiger partial charge in [0.15, 0.2) is 0 Å². The van der Waals surface area contributed by atoms with Crippen molar-refractivity contribution in [2.45, 2.75) is 38.6 Å². The van der Waals surface area contributed by atoms with Crippen molar-refractivity contribution in [2.75, 3.05) is 13.7 Å². The van der Waals surface area contributed by atoms with Crippen LogP contribution in [0.5, 0.6) is 5.75 Å². The van der Waals surface area contributed by atoms with Crippen LogP contribution in [0.2, 0.25) is 0 Å². The number of carbonyl (C=O) groups is 1. The van der Waals surface area contributed by atoms with E-state index in [0.29, 0.717) is 5.92 Å². The second kappa shape index (κ2) is 7.46. The molecule has 0 heterocycles. The largest absolute Gasteiger partial charge is 0.496 e. The zero-order chi connectivity index (χ0) is 15.2. The SMILES string of the molecule is COc1ccccc1C(C)NCC1CCC(C(=O)O)CC1. The van der Waals surface area contributed by atoms with Gasteiger partial charge < -0.3 is 15.2 Å². The molecule has 1 atom stereocenters. The molecule has 1 aliphatic rings. The molecule has 0 amide bonds. The van der Waals surface area contributed by atoms with Crippen molar-refractivity contribution in [3.63, 3.8) is 0 Å². The van der Waals surface area contributed by atoms with E-state index < -0.39 is 5.97 Å². The van der Waals surface area contributed by atoms with E-state index in [2.05, 4.69) is 18.3 Å². The summed E-state index contributed by atoms with van der Waals surface area (Å²) in [5.41, 5.74) is 1.17. The molecule has 0 bridgehead atoms. The summed E-state index contributed by atoms with van der Waals surface area (Å²) in [6.07, 6.45) is 3.63. The van der Waals surface area contributed by atoms with Gasteiger partial charge in [-0.3, -0.25) is 4.79 Å². The summed E-state index contributed by atoms with van der Waals surface area (Å²) in [6, 6.07) is 8.29. The number of hydrogen-bond donors (Lipinski definition) is 2. The number of benzene rings is 1. The molecule has 4 nitrogen and oxygen atoms in total. The molecule has 1 aromatic rings. The number of carboxylic acid groups (broad SMARTS) is 1. The Labute approximate surface area is 126 Å². The van der Waals surface area contributed by atoms with Crippen molar-refractivity contribution >= 4 is 5.97 Å². The maximum absolute atomic E-state index is 11.0. The number of carboxylic acids is 1. The predicted molar refractivity (Wildman–Crippen MR) is 82.5 cm³/mol. The van der Waals surface area contributed by atoms with Crippen LogP contribution in [0.3, 0.4) is 0 Å². The third kappa shape index (κ3) is 4.21. The summed E-state index contributed by atoms with van der Waals surface area (Å²) in [4.78, 5) is 11.0. The van der Waals surface area contributed by atoms with Gasteiger partial charge in [0.1, 0.15) is 5.75 Å². The second-order valence-electron chi connectivity index (χ2n) is 5.93. The molecule has 1 saturated carbocycles. The van der Waals surface area contributed by atoms with E-state index in [4.69, 9.17) is 9.84 Å². The summed E-state index contributed by atoms with van der Waals surface area (Å²) in [7, 11) is 1.69. The lowest BCUT2D eigenvalue weighted by atomic mass is 9.82. The number of aliphatic carboxylic acids is 1. The molecule has 0 radical (unpaired) electrons. The molecule has 0 saturated heterocycles. The van der Waals surface area contributed by atoms with Crippen LogP contribution in [-0.2, 0) is 4.79 Å². The molecule has 21 heavy (non-hydrogen) atoms. The summed E-state index contributed by atoms with van der Waals surface area (Å²) >= 11 is 0. The maximum Gasteiger partial charge on any atom is 0.306 e. The van der Waals surface area contributed by atoms with E-state index in [-0.39, 0.29) is 12.0 Å². The van der Waals surface area contributed by atoms with Gasteiger partial charge in [0.2, 0.25) is 0 Å². The van der Waals surface area contributed by atoms with E-state index in [9.17, 15) is 4.79 Å². The van der Waals surface area contributed by atoms with Gasteiger partial charge in [-0.15, -0.1) is 0 Å². The van der Waals surface area contributed by atoms with Crippen molar-refractivity contribution in [1.29, 1.82) is 0 Å². The lowest BCUT2D eigenvalue weighted by Gasteiger charge is -2.27. The molecule has 0 aliphatic heterocycles. The van der Waals surface area contributed by atoms with Crippen LogP contribution in [0.25, 0.3) is 0 Å². The zero-order valence-electron chi connectivity index (χ0n) is 12.8. The minimum absolute atomic E-state index is 0.132. The van der Waals surface area contributed by atoms with Gasteiger partial charge in [-0.2, -0.15) is 0 Å². The average molecular weight is 291 g/mol. The van der Waals surface area contributed by atoms with Gasteiger partial charge in [0.05, 0.1) is 13.0 Å². The lowest BCUT2D eigenvalue weighted by molar-refractivity contribution is -0.143. The number of methoxy groups -OCH3 is 1. The maximum atomic E-state index is 11.0. The molecule has 116 valence electrons. The quantitative estimate of drug-likeness (QED) is 0.845. The summed E-state index contributed by atoms with van der Waals surface area (Å²) in [5.74, 6) is 0.724. The molecular formula is C17H25NO3. The van der Waals surface area contributed by atoms with Crippen LogP contribution in [0.4, 0.5) is 0 Å². The third-order valence-corrected chi connectivity index (χ3v) is 4.51. The Bertz CT molecular complexity index is 467. The normalized spacial score (nSPS) is 23.5. The second-order valence-corrected chi connectivity index (χ2v) is 5.93. The fraction of sp³-hybridized carbons (Fsp3) is 0.588. The van der Waals surface area contributed by atoms with Crippen molar-refractivity contribution in [3.05, 3.63) is 29.8 Å². The molecule has 0 aromatic heterocycles. The number of rotatable bonds is 6. The van der Waals surface area contributed by atoms with Gasteiger partial charge in [0.25, 0.3) is 0 Å². The molecule has 1 aromatic carbocycles. The number of para-hydroxylation sites is 1. The standard InChI is InChI=1S/C17H25NO3/c1-12(15-5-3-4-6-16(15)21-2)18-11-13-7-9-14(10-8-13)17(19)20/h3-6,12-14,18H,7-11H2,1-2H3,(H,19,20). The zero-order valence-corrected chi connectivity index (χ0v) is 12.8. The van der Waals surface area contributed by atoms with Gasteiger partial charge >= 0.3 is 5.97 Å². The smallest absolute Gasteiger partial charge is 0.306 e. The molecular weight excluding hydrogens is 266 g/mol. The Balaban J connectivity index is 1.82. The van der Waals surface area contributed by atoms with Crippen LogP contribution in [0.1, 0.15) is 44.2 Å². The average Bonchev–Trinajstić information content (AvgIpc) is 2.52. The first-order chi connectivity index (χ1) is 10.1. The molecule has 1 aliphatic carbocycles. The van der Waals surface area contributed by atoms with Gasteiger partial charge in [-0.05, 0) is 51.1 Å².